The Morgan fingerprint density at radius 2 is 1.13 bits per heavy atom. The third kappa shape index (κ3) is 4.01. The van der Waals surface area contributed by atoms with Crippen LogP contribution >= 0.6 is 6.89 Å². The highest BCUT2D eigenvalue weighted by Crippen LogP contribution is 2.46. The van der Waals surface area contributed by atoms with E-state index in [1.807, 2.05) is 90.7 Å². The Labute approximate surface area is 177 Å². The quantitative estimate of drug-likeness (QED) is 0.410. The van der Waals surface area contributed by atoms with Crippen molar-refractivity contribution in [1.82, 2.24) is 0 Å². The van der Waals surface area contributed by atoms with E-state index in [0.717, 1.165) is 27.4 Å². The highest BCUT2D eigenvalue weighted by atomic mass is 31.2. The smallest absolute Gasteiger partial charge is 0.153 e. The SMILES string of the molecule is CC(=O)C=P(c1ccccc1)(c1ccccc1)c1ccccc1Oc1ccccc1. The third-order valence-corrected chi connectivity index (χ3v) is 9.02. The van der Waals surface area contributed by atoms with E-state index < -0.39 is 6.89 Å². The molecule has 0 heterocycles. The summed E-state index contributed by atoms with van der Waals surface area (Å²) in [6.45, 7) is -0.757. The average Bonchev–Trinajstić information content (AvgIpc) is 2.80. The highest BCUT2D eigenvalue weighted by Gasteiger charge is 2.28. The van der Waals surface area contributed by atoms with Gasteiger partial charge in [0.2, 0.25) is 0 Å². The van der Waals surface area contributed by atoms with Crippen LogP contribution in [0, 0.1) is 0 Å². The fourth-order valence-corrected chi connectivity index (χ4v) is 7.61. The molecule has 0 bridgehead atoms. The van der Waals surface area contributed by atoms with Crippen LogP contribution in [0.5, 0.6) is 11.5 Å². The first-order valence-electron chi connectivity index (χ1n) is 9.89. The molecule has 0 spiro atoms. The first-order chi connectivity index (χ1) is 14.7. The number of hydrogen-bond acceptors (Lipinski definition) is 2. The number of carbonyl (C=O) groups is 1. The molecule has 0 aliphatic rings. The lowest BCUT2D eigenvalue weighted by atomic mass is 10.3. The van der Waals surface area contributed by atoms with Gasteiger partial charge in [0, 0.05) is 5.30 Å². The maximum absolute atomic E-state index is 12.6. The molecule has 2 nitrogen and oxygen atoms in total. The molecule has 0 aliphatic carbocycles. The van der Waals surface area contributed by atoms with Crippen molar-refractivity contribution < 1.29 is 9.53 Å². The Morgan fingerprint density at radius 1 is 0.667 bits per heavy atom. The molecule has 0 radical (unpaired) electrons. The van der Waals surface area contributed by atoms with Crippen molar-refractivity contribution in [2.75, 3.05) is 0 Å². The monoisotopic (exact) mass is 410 g/mol. The van der Waals surface area contributed by atoms with Gasteiger partial charge >= 0.3 is 0 Å². The van der Waals surface area contributed by atoms with Crippen LogP contribution in [0.1, 0.15) is 6.92 Å². The van der Waals surface area contributed by atoms with E-state index in [1.54, 1.807) is 6.92 Å². The van der Waals surface area contributed by atoms with Crippen LogP contribution < -0.4 is 20.7 Å². The van der Waals surface area contributed by atoms with Crippen molar-refractivity contribution in [3.8, 4) is 11.5 Å². The van der Waals surface area contributed by atoms with E-state index >= 15 is 0 Å². The van der Waals surface area contributed by atoms with Gasteiger partial charge < -0.3 is 4.74 Å². The number of ether oxygens (including phenoxy) is 1. The molecule has 4 rings (SSSR count). The van der Waals surface area contributed by atoms with Crippen LogP contribution in [-0.4, -0.2) is 11.6 Å². The molecule has 0 atom stereocenters. The van der Waals surface area contributed by atoms with E-state index in [0.29, 0.717) is 0 Å². The summed E-state index contributed by atoms with van der Waals surface area (Å²) in [5.74, 6) is 3.49. The van der Waals surface area contributed by atoms with Crippen molar-refractivity contribution in [1.29, 1.82) is 0 Å². The highest BCUT2D eigenvalue weighted by molar-refractivity contribution is 7.95. The lowest BCUT2D eigenvalue weighted by molar-refractivity contribution is -0.110. The minimum absolute atomic E-state index is 0.0468. The molecule has 0 aromatic heterocycles. The average molecular weight is 410 g/mol. The summed E-state index contributed by atoms with van der Waals surface area (Å²) in [4.78, 5) is 12.6. The lowest BCUT2D eigenvalue weighted by Crippen LogP contribution is -2.29. The first-order valence-corrected chi connectivity index (χ1v) is 11.7. The zero-order valence-electron chi connectivity index (χ0n) is 16.8. The molecule has 0 N–H and O–H groups in total. The molecule has 148 valence electrons. The Morgan fingerprint density at radius 3 is 1.67 bits per heavy atom. The zero-order chi connectivity index (χ0) is 20.8. The molecule has 0 fully saturated rings. The Kier molecular flexibility index (Phi) is 5.97. The molecular weight excluding hydrogens is 387 g/mol. The first kappa shape index (κ1) is 19.9. The minimum Gasteiger partial charge on any atom is -0.457 e. The summed E-state index contributed by atoms with van der Waals surface area (Å²) in [6.07, 6.45) is 0. The van der Waals surface area contributed by atoms with Crippen molar-refractivity contribution in [2.24, 2.45) is 0 Å². The van der Waals surface area contributed by atoms with Gasteiger partial charge in [0.25, 0.3) is 0 Å². The van der Waals surface area contributed by atoms with Gasteiger partial charge in [0.05, 0.1) is 0 Å². The van der Waals surface area contributed by atoms with E-state index in [-0.39, 0.29) is 5.78 Å². The van der Waals surface area contributed by atoms with Gasteiger partial charge in [-0.05, 0) is 48.4 Å². The molecule has 0 unspecified atom stereocenters. The summed E-state index contributed by atoms with van der Waals surface area (Å²) in [6, 6.07) is 38.4. The van der Waals surface area contributed by atoms with Gasteiger partial charge in [0.15, 0.2) is 5.78 Å². The lowest BCUT2D eigenvalue weighted by Gasteiger charge is -2.29. The molecule has 0 saturated heterocycles. The number of rotatable bonds is 6. The molecule has 30 heavy (non-hydrogen) atoms. The molecule has 0 aliphatic heterocycles. The summed E-state index contributed by atoms with van der Waals surface area (Å²) in [5, 5.41) is 3.27. The van der Waals surface area contributed by atoms with Gasteiger partial charge in [-0.15, -0.1) is 0 Å². The van der Waals surface area contributed by atoms with Gasteiger partial charge in [-0.3, -0.25) is 4.79 Å². The fourth-order valence-electron chi connectivity index (χ4n) is 3.70. The van der Waals surface area contributed by atoms with Crippen molar-refractivity contribution in [3.05, 3.63) is 115 Å². The maximum Gasteiger partial charge on any atom is 0.153 e. The molecule has 3 heteroatoms. The van der Waals surface area contributed by atoms with Crippen molar-refractivity contribution >= 4 is 34.4 Å². The number of Topliss-reactive ketones (excluding diaryl/α,β-unsaturated/α-hetero) is 1. The van der Waals surface area contributed by atoms with Crippen LogP contribution in [0.4, 0.5) is 0 Å². The number of carbonyl (C=O) groups excluding carboxylic acids is 1. The van der Waals surface area contributed by atoms with Crippen LogP contribution in [0.2, 0.25) is 0 Å². The Bertz CT molecular complexity index is 1140. The third-order valence-electron chi connectivity index (χ3n) is 4.92. The van der Waals surface area contributed by atoms with Gasteiger partial charge in [0.1, 0.15) is 11.5 Å². The summed E-state index contributed by atoms with van der Waals surface area (Å²) in [7, 11) is 0. The van der Waals surface area contributed by atoms with Gasteiger partial charge in [-0.1, -0.05) is 97.1 Å². The molecular formula is C27H23O2P. The predicted octanol–water partition coefficient (Wildman–Crippen LogP) is 5.16. The Hall–Kier alpha value is -3.35. The van der Waals surface area contributed by atoms with Crippen molar-refractivity contribution in [3.63, 3.8) is 0 Å². The predicted molar refractivity (Wildman–Crippen MR) is 128 cm³/mol. The second-order valence-electron chi connectivity index (χ2n) is 7.02. The van der Waals surface area contributed by atoms with Gasteiger partial charge in [-0.2, -0.15) is 0 Å². The minimum atomic E-state index is -2.38. The molecule has 4 aromatic carbocycles. The van der Waals surface area contributed by atoms with Crippen molar-refractivity contribution in [2.45, 2.75) is 6.92 Å². The van der Waals surface area contributed by atoms with E-state index in [2.05, 4.69) is 30.3 Å². The largest absolute Gasteiger partial charge is 0.457 e. The second-order valence-corrected chi connectivity index (χ2v) is 10.2. The van der Waals surface area contributed by atoms with Gasteiger partial charge in [-0.25, -0.2) is 0 Å². The molecule has 0 saturated carbocycles. The fraction of sp³-hybridized carbons (Fsp3) is 0.0370. The normalized spacial score (nSPS) is 11.0. The van der Waals surface area contributed by atoms with Crippen LogP contribution in [0.3, 0.4) is 0 Å². The second kappa shape index (κ2) is 8.98. The van der Waals surface area contributed by atoms with Crippen LogP contribution in [0.15, 0.2) is 115 Å². The summed E-state index contributed by atoms with van der Waals surface area (Å²) >= 11 is 0. The summed E-state index contributed by atoms with van der Waals surface area (Å²) in [5.41, 5.74) is 0. The number of para-hydroxylation sites is 2. The maximum atomic E-state index is 12.6. The Balaban J connectivity index is 2.05. The summed E-state index contributed by atoms with van der Waals surface area (Å²) < 4.78 is 6.34. The molecule has 0 amide bonds. The van der Waals surface area contributed by atoms with Crippen LogP contribution in [0.25, 0.3) is 0 Å². The topological polar surface area (TPSA) is 26.3 Å². The number of hydrogen-bond donors (Lipinski definition) is 0. The number of ketones is 1. The molecule has 4 aromatic rings. The van der Waals surface area contributed by atoms with E-state index in [9.17, 15) is 4.79 Å². The van der Waals surface area contributed by atoms with Crippen LogP contribution in [-0.2, 0) is 4.79 Å². The van der Waals surface area contributed by atoms with E-state index in [1.165, 1.54) is 0 Å². The van der Waals surface area contributed by atoms with E-state index in [4.69, 9.17) is 4.74 Å². The number of benzene rings is 4. The standard InChI is InChI=1S/C27H23O2P/c1-22(28)21-30(24-15-7-3-8-16-24,25-17-9-4-10-18-25)27-20-12-11-19-26(27)29-23-13-5-2-6-14-23/h2-21H,1H3. The zero-order valence-corrected chi connectivity index (χ0v) is 17.7.